The van der Waals surface area contributed by atoms with Gasteiger partial charge in [-0.2, -0.15) is 4.31 Å². The lowest BCUT2D eigenvalue weighted by Crippen LogP contribution is -2.42. The van der Waals surface area contributed by atoms with E-state index in [0.717, 1.165) is 29.5 Å². The van der Waals surface area contributed by atoms with Gasteiger partial charge in [0.1, 0.15) is 4.90 Å². The first-order chi connectivity index (χ1) is 14.8. The van der Waals surface area contributed by atoms with Gasteiger partial charge in [0, 0.05) is 25.9 Å². The van der Waals surface area contributed by atoms with E-state index in [1.165, 1.54) is 11.2 Å². The molecule has 1 fully saturated rings. The number of aryl methyl sites for hydroxylation is 1. The van der Waals surface area contributed by atoms with E-state index in [2.05, 4.69) is 10.6 Å². The van der Waals surface area contributed by atoms with Crippen molar-refractivity contribution in [1.29, 1.82) is 0 Å². The van der Waals surface area contributed by atoms with Crippen LogP contribution in [0.5, 0.6) is 0 Å². The Kier molecular flexibility index (Phi) is 5.85. The topological polar surface area (TPSA) is 95.6 Å². The molecule has 164 valence electrons. The minimum absolute atomic E-state index is 0.0506. The average molecular weight is 442 g/mol. The van der Waals surface area contributed by atoms with Gasteiger partial charge < -0.3 is 10.6 Å². The first kappa shape index (κ1) is 21.5. The molecule has 2 N–H and O–H groups in total. The van der Waals surface area contributed by atoms with Crippen molar-refractivity contribution < 1.29 is 18.0 Å². The molecule has 0 spiro atoms. The summed E-state index contributed by atoms with van der Waals surface area (Å²) in [5, 5.41) is 5.60. The molecule has 7 nitrogen and oxygen atoms in total. The Balaban J connectivity index is 1.74. The highest BCUT2D eigenvalue weighted by atomic mass is 32.2. The zero-order valence-corrected chi connectivity index (χ0v) is 18.5. The summed E-state index contributed by atoms with van der Waals surface area (Å²) >= 11 is 0. The van der Waals surface area contributed by atoms with Gasteiger partial charge in [0.05, 0.1) is 11.7 Å². The quantitative estimate of drug-likeness (QED) is 0.721. The number of rotatable bonds is 6. The molecule has 1 atom stereocenters. The summed E-state index contributed by atoms with van der Waals surface area (Å²) in [4.78, 5) is 24.4. The molecule has 2 aromatic carbocycles. The second-order valence-corrected chi connectivity index (χ2v) is 10.2. The van der Waals surface area contributed by atoms with E-state index in [4.69, 9.17) is 0 Å². The number of fused-ring (bicyclic) bond motifs is 1. The summed E-state index contributed by atoms with van der Waals surface area (Å²) in [7, 11) is -3.97. The standard InChI is InChI=1S/C23H27N3O4S/c1-15-7-10-20(24-16(2)27)22(13-15)31(29,30)26-12-11-17-5-3-4-6-19(17)21(26)14-23(28)25-18-8-9-18/h3-7,10,13,18,21H,8-9,11-12,14H2,1-2H3,(H,24,27)(H,25,28). The van der Waals surface area contributed by atoms with E-state index in [-0.39, 0.29) is 41.4 Å². The van der Waals surface area contributed by atoms with Crippen LogP contribution in [0.15, 0.2) is 47.4 Å². The summed E-state index contributed by atoms with van der Waals surface area (Å²) in [6, 6.07) is 12.2. The van der Waals surface area contributed by atoms with Crippen LogP contribution in [0.3, 0.4) is 0 Å². The fraction of sp³-hybridized carbons (Fsp3) is 0.391. The van der Waals surface area contributed by atoms with Gasteiger partial charge in [-0.1, -0.05) is 30.3 Å². The lowest BCUT2D eigenvalue weighted by molar-refractivity contribution is -0.122. The molecule has 0 bridgehead atoms. The monoisotopic (exact) mass is 441 g/mol. The molecular formula is C23H27N3O4S. The van der Waals surface area contributed by atoms with Crippen molar-refractivity contribution in [1.82, 2.24) is 9.62 Å². The number of hydrogen-bond donors (Lipinski definition) is 2. The van der Waals surface area contributed by atoms with Crippen molar-refractivity contribution in [3.05, 3.63) is 59.2 Å². The van der Waals surface area contributed by atoms with E-state index >= 15 is 0 Å². The highest BCUT2D eigenvalue weighted by Gasteiger charge is 2.39. The molecule has 4 rings (SSSR count). The average Bonchev–Trinajstić information content (AvgIpc) is 3.53. The molecule has 1 aliphatic heterocycles. The van der Waals surface area contributed by atoms with E-state index < -0.39 is 16.1 Å². The third-order valence-electron chi connectivity index (χ3n) is 5.72. The zero-order chi connectivity index (χ0) is 22.2. The molecule has 8 heteroatoms. The second-order valence-electron chi connectivity index (χ2n) is 8.31. The van der Waals surface area contributed by atoms with Crippen LogP contribution in [0.2, 0.25) is 0 Å². The van der Waals surface area contributed by atoms with E-state index in [1.807, 2.05) is 31.2 Å². The maximum Gasteiger partial charge on any atom is 0.245 e. The van der Waals surface area contributed by atoms with Crippen molar-refractivity contribution in [2.45, 2.75) is 56.5 Å². The largest absolute Gasteiger partial charge is 0.353 e. The SMILES string of the molecule is CC(=O)Nc1ccc(C)cc1S(=O)(=O)N1CCc2ccccc2C1CC(=O)NC1CC1. The molecule has 0 saturated heterocycles. The predicted molar refractivity (Wildman–Crippen MR) is 118 cm³/mol. The number of hydrogen-bond acceptors (Lipinski definition) is 4. The molecule has 1 heterocycles. The highest BCUT2D eigenvalue weighted by Crippen LogP contribution is 2.38. The number of sulfonamides is 1. The first-order valence-electron chi connectivity index (χ1n) is 10.5. The van der Waals surface area contributed by atoms with E-state index in [9.17, 15) is 18.0 Å². The Morgan fingerprint density at radius 1 is 1.13 bits per heavy atom. The molecule has 2 aromatic rings. The number of nitrogens with zero attached hydrogens (tertiary/aromatic N) is 1. The molecule has 0 aromatic heterocycles. The second kappa shape index (κ2) is 8.43. The number of carbonyl (C=O) groups is 2. The number of benzene rings is 2. The van der Waals surface area contributed by atoms with Crippen LogP contribution in [0.25, 0.3) is 0 Å². The molecule has 1 saturated carbocycles. The Morgan fingerprint density at radius 2 is 1.87 bits per heavy atom. The first-order valence-corrected chi connectivity index (χ1v) is 12.0. The van der Waals surface area contributed by atoms with Crippen LogP contribution >= 0.6 is 0 Å². The van der Waals surface area contributed by atoms with Crippen LogP contribution in [-0.2, 0) is 26.0 Å². The zero-order valence-electron chi connectivity index (χ0n) is 17.7. The normalized spacial score (nSPS) is 18.8. The van der Waals surface area contributed by atoms with Gasteiger partial charge >= 0.3 is 0 Å². The molecule has 1 aliphatic carbocycles. The Labute approximate surface area is 182 Å². The predicted octanol–water partition coefficient (Wildman–Crippen LogP) is 2.91. The Morgan fingerprint density at radius 3 is 2.58 bits per heavy atom. The summed E-state index contributed by atoms with van der Waals surface area (Å²) in [6.45, 7) is 3.43. The van der Waals surface area contributed by atoms with Gasteiger partial charge in [-0.15, -0.1) is 0 Å². The summed E-state index contributed by atoms with van der Waals surface area (Å²) in [5.74, 6) is -0.486. The fourth-order valence-corrected chi connectivity index (χ4v) is 5.92. The van der Waals surface area contributed by atoms with Crippen LogP contribution in [0.1, 0.15) is 48.9 Å². The van der Waals surface area contributed by atoms with Gasteiger partial charge in [-0.05, 0) is 55.0 Å². The van der Waals surface area contributed by atoms with Gasteiger partial charge in [-0.3, -0.25) is 9.59 Å². The number of carbonyl (C=O) groups excluding carboxylic acids is 2. The number of nitrogens with one attached hydrogen (secondary N) is 2. The van der Waals surface area contributed by atoms with Gasteiger partial charge in [0.15, 0.2) is 0 Å². The minimum atomic E-state index is -3.97. The van der Waals surface area contributed by atoms with Crippen LogP contribution in [-0.4, -0.2) is 37.1 Å². The third-order valence-corrected chi connectivity index (χ3v) is 7.67. The van der Waals surface area contributed by atoms with Crippen molar-refractivity contribution in [2.24, 2.45) is 0 Å². The maximum absolute atomic E-state index is 13.8. The molecule has 1 unspecified atom stereocenters. The third kappa shape index (κ3) is 4.65. The minimum Gasteiger partial charge on any atom is -0.353 e. The lowest BCUT2D eigenvalue weighted by atomic mass is 9.92. The number of anilines is 1. The van der Waals surface area contributed by atoms with Gasteiger partial charge in [0.2, 0.25) is 21.8 Å². The van der Waals surface area contributed by atoms with Crippen molar-refractivity contribution >= 4 is 27.5 Å². The van der Waals surface area contributed by atoms with E-state index in [0.29, 0.717) is 6.42 Å². The van der Waals surface area contributed by atoms with Crippen molar-refractivity contribution in [3.8, 4) is 0 Å². The summed E-state index contributed by atoms with van der Waals surface area (Å²) in [6.07, 6.45) is 2.57. The van der Waals surface area contributed by atoms with Crippen LogP contribution in [0.4, 0.5) is 5.69 Å². The summed E-state index contributed by atoms with van der Waals surface area (Å²) < 4.78 is 29.1. The molecule has 2 aliphatic rings. The lowest BCUT2D eigenvalue weighted by Gasteiger charge is -2.36. The fourth-order valence-electron chi connectivity index (χ4n) is 4.08. The Hall–Kier alpha value is -2.71. The maximum atomic E-state index is 13.8. The van der Waals surface area contributed by atoms with Crippen molar-refractivity contribution in [3.63, 3.8) is 0 Å². The smallest absolute Gasteiger partial charge is 0.245 e. The van der Waals surface area contributed by atoms with E-state index in [1.54, 1.807) is 18.2 Å². The summed E-state index contributed by atoms with van der Waals surface area (Å²) in [5.41, 5.74) is 2.94. The molecule has 2 amide bonds. The Bertz CT molecular complexity index is 1130. The van der Waals surface area contributed by atoms with Gasteiger partial charge in [-0.25, -0.2) is 8.42 Å². The van der Waals surface area contributed by atoms with Crippen LogP contribution in [0, 0.1) is 6.92 Å². The highest BCUT2D eigenvalue weighted by molar-refractivity contribution is 7.89. The van der Waals surface area contributed by atoms with Gasteiger partial charge in [0.25, 0.3) is 0 Å². The van der Waals surface area contributed by atoms with Crippen LogP contribution < -0.4 is 10.6 Å². The number of amides is 2. The molecule has 0 radical (unpaired) electrons. The molecule has 31 heavy (non-hydrogen) atoms. The molecular weight excluding hydrogens is 414 g/mol. The van der Waals surface area contributed by atoms with Crippen molar-refractivity contribution in [2.75, 3.05) is 11.9 Å².